The lowest BCUT2D eigenvalue weighted by Crippen LogP contribution is -2.36. The van der Waals surface area contributed by atoms with E-state index >= 15 is 4.39 Å². The molecule has 4 aliphatic heterocycles. The van der Waals surface area contributed by atoms with Gasteiger partial charge in [0, 0.05) is 0 Å². The molecular formula is C21H26FN9O9P2S2. The zero-order chi connectivity index (χ0) is 31.0. The lowest BCUT2D eigenvalue weighted by molar-refractivity contribution is -0.0608. The molecule has 0 aromatic carbocycles. The molecule has 238 valence electrons. The maximum Gasteiger partial charge on any atom is 0.325 e. The number of rotatable bonds is 2. The summed E-state index contributed by atoms with van der Waals surface area (Å²) in [4.78, 5) is 42.9. The highest BCUT2D eigenvalue weighted by molar-refractivity contribution is 8.07. The molecule has 0 radical (unpaired) electrons. The molecule has 18 nitrogen and oxygen atoms in total. The van der Waals surface area contributed by atoms with Crippen LogP contribution in [0, 0.1) is 0 Å². The van der Waals surface area contributed by atoms with Gasteiger partial charge in [-0.05, 0) is 30.5 Å². The molecule has 2 bridgehead atoms. The summed E-state index contributed by atoms with van der Waals surface area (Å²) in [6, 6.07) is -0.279. The molecule has 0 aliphatic carbocycles. The van der Waals surface area contributed by atoms with Crippen molar-refractivity contribution in [2.24, 2.45) is 4.99 Å². The van der Waals surface area contributed by atoms with Gasteiger partial charge in [-0.2, -0.15) is 0 Å². The Balaban J connectivity index is 1.19. The molecule has 3 aromatic heterocycles. The molecule has 0 spiro atoms. The van der Waals surface area contributed by atoms with Crippen molar-refractivity contribution in [1.82, 2.24) is 29.1 Å². The minimum Gasteiger partial charge on any atom is -0.386 e. The van der Waals surface area contributed by atoms with Crippen LogP contribution >= 0.6 is 13.4 Å². The summed E-state index contributed by atoms with van der Waals surface area (Å²) >= 11 is 10.5. The largest absolute Gasteiger partial charge is 0.386 e. The molecule has 44 heavy (non-hydrogen) atoms. The molecule has 11 atom stereocenters. The zero-order valence-electron chi connectivity index (χ0n) is 22.5. The quantitative estimate of drug-likeness (QED) is 0.231. The van der Waals surface area contributed by atoms with Gasteiger partial charge in [0.15, 0.2) is 30.1 Å². The molecular weight excluding hydrogens is 667 g/mol. The first kappa shape index (κ1) is 30.5. The first-order chi connectivity index (χ1) is 20.9. The van der Waals surface area contributed by atoms with Gasteiger partial charge in [-0.25, -0.2) is 24.3 Å². The SMILES string of the molecule is CC1N=CNc2c1ncn2[C@@H]1O[C@@H]2COP(O)(=S)O[C@H]3[C@@H](O)[C@H](n4cnc5c(N)ncnc54)O[C@@H]3COP(O)(=S)O[C@@H]1[C@@H]2F. The molecule has 3 fully saturated rings. The average molecular weight is 694 g/mol. The van der Waals surface area contributed by atoms with Crippen molar-refractivity contribution < 1.29 is 46.9 Å². The highest BCUT2D eigenvalue weighted by Crippen LogP contribution is 2.54. The second-order valence-electron chi connectivity index (χ2n) is 10.3. The third-order valence-electron chi connectivity index (χ3n) is 7.54. The lowest BCUT2D eigenvalue weighted by Gasteiger charge is -2.28. The van der Waals surface area contributed by atoms with Crippen molar-refractivity contribution in [2.45, 2.75) is 62.1 Å². The smallest absolute Gasteiger partial charge is 0.325 e. The number of halogens is 1. The van der Waals surface area contributed by atoms with Crippen LogP contribution in [0.4, 0.5) is 16.0 Å². The number of fused-ring (bicyclic) bond motifs is 5. The molecule has 6 N–H and O–H groups in total. The van der Waals surface area contributed by atoms with Crippen LogP contribution in [0.3, 0.4) is 0 Å². The van der Waals surface area contributed by atoms with Crippen LogP contribution in [0.2, 0.25) is 0 Å². The van der Waals surface area contributed by atoms with Crippen LogP contribution < -0.4 is 11.1 Å². The van der Waals surface area contributed by atoms with Crippen molar-refractivity contribution in [3.8, 4) is 0 Å². The van der Waals surface area contributed by atoms with E-state index in [0.29, 0.717) is 11.5 Å². The number of ether oxygens (including phenoxy) is 2. The fourth-order valence-corrected chi connectivity index (χ4v) is 8.29. The van der Waals surface area contributed by atoms with E-state index in [-0.39, 0.29) is 23.0 Å². The summed E-state index contributed by atoms with van der Waals surface area (Å²) in [5.41, 5.74) is 6.98. The average Bonchev–Trinajstić information content (AvgIpc) is 3.73. The Morgan fingerprint density at radius 1 is 0.977 bits per heavy atom. The number of nitrogens with zero attached hydrogens (tertiary/aromatic N) is 7. The summed E-state index contributed by atoms with van der Waals surface area (Å²) in [7, 11) is 0. The van der Waals surface area contributed by atoms with E-state index in [9.17, 15) is 14.9 Å². The number of anilines is 2. The van der Waals surface area contributed by atoms with Gasteiger partial charge in [-0.15, -0.1) is 0 Å². The molecule has 23 heteroatoms. The molecule has 0 amide bonds. The molecule has 0 saturated carbocycles. The molecule has 7 rings (SSSR count). The minimum atomic E-state index is -4.20. The van der Waals surface area contributed by atoms with Gasteiger partial charge in [-0.1, -0.05) is 0 Å². The van der Waals surface area contributed by atoms with Crippen LogP contribution in [-0.4, -0.2) is 100 Å². The van der Waals surface area contributed by atoms with Gasteiger partial charge in [-0.3, -0.25) is 23.2 Å². The normalized spacial score (nSPS) is 40.9. The predicted molar refractivity (Wildman–Crippen MR) is 156 cm³/mol. The van der Waals surface area contributed by atoms with Crippen molar-refractivity contribution in [1.29, 1.82) is 0 Å². The Hall–Kier alpha value is -2.10. The summed E-state index contributed by atoms with van der Waals surface area (Å²) in [5, 5.41) is 14.2. The second kappa shape index (κ2) is 11.3. The van der Waals surface area contributed by atoms with E-state index in [1.165, 1.54) is 34.5 Å². The van der Waals surface area contributed by atoms with Gasteiger partial charge in [0.25, 0.3) is 0 Å². The number of nitrogen functional groups attached to an aromatic ring is 1. The van der Waals surface area contributed by atoms with Crippen LogP contribution in [0.25, 0.3) is 11.2 Å². The third kappa shape index (κ3) is 5.38. The van der Waals surface area contributed by atoms with Gasteiger partial charge >= 0.3 is 13.4 Å². The Kier molecular flexibility index (Phi) is 7.85. The van der Waals surface area contributed by atoms with Gasteiger partial charge in [0.1, 0.15) is 53.9 Å². The fraction of sp³-hybridized carbons (Fsp3) is 0.571. The van der Waals surface area contributed by atoms with Crippen LogP contribution in [0.1, 0.15) is 31.1 Å². The summed E-state index contributed by atoms with van der Waals surface area (Å²) in [6.07, 6.45) is -5.72. The van der Waals surface area contributed by atoms with Crippen molar-refractivity contribution >= 4 is 66.2 Å². The van der Waals surface area contributed by atoms with Gasteiger partial charge in [0.2, 0.25) is 0 Å². The maximum absolute atomic E-state index is 15.9. The number of hydrogen-bond acceptors (Lipinski definition) is 16. The lowest BCUT2D eigenvalue weighted by atomic mass is 10.1. The van der Waals surface area contributed by atoms with Crippen LogP contribution in [0.5, 0.6) is 0 Å². The van der Waals surface area contributed by atoms with Gasteiger partial charge in [0.05, 0.1) is 38.2 Å². The maximum atomic E-state index is 15.9. The van der Waals surface area contributed by atoms with Crippen molar-refractivity contribution in [3.05, 3.63) is 24.7 Å². The van der Waals surface area contributed by atoms with Crippen LogP contribution in [0.15, 0.2) is 24.0 Å². The zero-order valence-corrected chi connectivity index (χ0v) is 25.9. The number of aliphatic imine (C=N–C) groups is 1. The number of nitrogens with two attached hydrogens (primary N) is 1. The summed E-state index contributed by atoms with van der Waals surface area (Å²) in [5.74, 6) is 0.585. The monoisotopic (exact) mass is 693 g/mol. The molecule has 3 unspecified atom stereocenters. The fourth-order valence-electron chi connectivity index (χ4n) is 5.44. The highest BCUT2D eigenvalue weighted by Gasteiger charge is 2.53. The standard InChI is InChI=1S/C21H26FN9O9P2S2/c1-8-12-18(26-4-24-8)31(6-28-12)21-16-11(22)9(37-21)2-35-41(33,43)39-15-10(3-36-42(34,44)40-16)38-20(14(15)32)30-7-29-13-17(23)25-5-27-19(13)30/h4-11,14-16,20-21,32H,2-3H2,1H3,(H,24,26)(H,33,43)(H,34,44)(H2,23,25,27)/t8?,9-,10-,11-,14-,15-,16-,20-,21-,41?,42?/m1/s1. The Morgan fingerprint density at radius 3 is 2.43 bits per heavy atom. The van der Waals surface area contributed by atoms with Gasteiger partial charge < -0.3 is 44.5 Å². The second-order valence-corrected chi connectivity index (χ2v) is 15.9. The molecule has 3 aromatic rings. The molecule has 4 aliphatic rings. The van der Waals surface area contributed by atoms with E-state index in [1.54, 1.807) is 0 Å². The molecule has 7 heterocycles. The van der Waals surface area contributed by atoms with E-state index in [0.717, 1.165) is 0 Å². The highest BCUT2D eigenvalue weighted by atomic mass is 32.5. The topological polar surface area (TPSA) is 228 Å². The number of nitrogens with one attached hydrogen (secondary N) is 1. The number of aromatic nitrogens is 6. The first-order valence-corrected chi connectivity index (χ1v) is 18.3. The number of alkyl halides is 1. The minimum absolute atomic E-state index is 0.108. The Morgan fingerprint density at radius 2 is 1.66 bits per heavy atom. The van der Waals surface area contributed by atoms with E-state index in [1.807, 2.05) is 6.92 Å². The number of aliphatic hydroxyl groups excluding tert-OH is 1. The number of hydrogen-bond donors (Lipinski definition) is 5. The van der Waals surface area contributed by atoms with E-state index in [4.69, 9.17) is 56.9 Å². The Labute approximate surface area is 257 Å². The first-order valence-electron chi connectivity index (χ1n) is 13.1. The Bertz CT molecular complexity index is 1720. The third-order valence-corrected chi connectivity index (χ3v) is 10.7. The van der Waals surface area contributed by atoms with Crippen molar-refractivity contribution in [2.75, 3.05) is 24.3 Å². The summed E-state index contributed by atoms with van der Waals surface area (Å²) < 4.78 is 53.2. The van der Waals surface area contributed by atoms with E-state index < -0.39 is 75.8 Å². The number of imidazole rings is 2. The van der Waals surface area contributed by atoms with Crippen LogP contribution in [-0.2, 0) is 51.2 Å². The summed E-state index contributed by atoms with van der Waals surface area (Å²) in [6.45, 7) is -7.62. The van der Waals surface area contributed by atoms with Crippen molar-refractivity contribution in [3.63, 3.8) is 0 Å². The number of aliphatic hydroxyl groups is 1. The predicted octanol–water partition coefficient (Wildman–Crippen LogP) is 0.565. The van der Waals surface area contributed by atoms with E-state index in [2.05, 4.69) is 30.2 Å². The molecule has 3 saturated heterocycles.